The average molecular weight is 437 g/mol. The summed E-state index contributed by atoms with van der Waals surface area (Å²) in [6, 6.07) is 8.51. The second kappa shape index (κ2) is 8.11. The van der Waals surface area contributed by atoms with E-state index in [0.29, 0.717) is 22.8 Å². The number of fused-ring (bicyclic) bond motifs is 3. The molecule has 0 saturated carbocycles. The molecule has 2 aliphatic rings. The number of rotatable bonds is 4. The fourth-order valence-corrected chi connectivity index (χ4v) is 4.25. The van der Waals surface area contributed by atoms with E-state index in [0.717, 1.165) is 55.1 Å². The largest absolute Gasteiger partial charge is 0.341 e. The molecule has 1 fully saturated rings. The van der Waals surface area contributed by atoms with Gasteiger partial charge in [-0.1, -0.05) is 23.7 Å². The first kappa shape index (κ1) is 19.7. The zero-order valence-electron chi connectivity index (χ0n) is 16.8. The van der Waals surface area contributed by atoms with E-state index in [1.54, 1.807) is 36.5 Å². The lowest BCUT2D eigenvalue weighted by atomic mass is 9.94. The molecule has 3 heterocycles. The van der Waals surface area contributed by atoms with E-state index in [4.69, 9.17) is 16.6 Å². The minimum absolute atomic E-state index is 0.209. The van der Waals surface area contributed by atoms with Gasteiger partial charge in [0.1, 0.15) is 6.54 Å². The summed E-state index contributed by atoms with van der Waals surface area (Å²) in [4.78, 5) is 36.5. The Morgan fingerprint density at radius 2 is 1.97 bits per heavy atom. The summed E-state index contributed by atoms with van der Waals surface area (Å²) in [6.07, 6.45) is 5.54. The first-order valence-corrected chi connectivity index (χ1v) is 10.7. The average Bonchev–Trinajstić information content (AvgIpc) is 3.30. The monoisotopic (exact) mass is 436 g/mol. The number of nitrogens with one attached hydrogen (secondary N) is 1. The number of hydrogen-bond acceptors (Lipinski definition) is 6. The zero-order valence-corrected chi connectivity index (χ0v) is 17.6. The molecule has 158 valence electrons. The van der Waals surface area contributed by atoms with Gasteiger partial charge in [-0.3, -0.25) is 9.59 Å². The van der Waals surface area contributed by atoms with Crippen molar-refractivity contribution in [1.29, 1.82) is 0 Å². The van der Waals surface area contributed by atoms with Crippen molar-refractivity contribution in [3.63, 3.8) is 0 Å². The van der Waals surface area contributed by atoms with Crippen LogP contribution in [0.1, 0.15) is 24.1 Å². The second-order valence-corrected chi connectivity index (χ2v) is 8.17. The number of carbonyl (C=O) groups is 1. The van der Waals surface area contributed by atoms with Gasteiger partial charge in [0.15, 0.2) is 0 Å². The number of benzene rings is 1. The Hall–Kier alpha value is -3.26. The summed E-state index contributed by atoms with van der Waals surface area (Å²) in [5, 5.41) is 7.66. The highest BCUT2D eigenvalue weighted by molar-refractivity contribution is 6.33. The highest BCUT2D eigenvalue weighted by Gasteiger charge is 2.24. The van der Waals surface area contributed by atoms with Gasteiger partial charge in [-0.05, 0) is 43.4 Å². The van der Waals surface area contributed by atoms with E-state index in [1.807, 2.05) is 0 Å². The van der Waals surface area contributed by atoms with Crippen LogP contribution in [0.25, 0.3) is 11.3 Å². The lowest BCUT2D eigenvalue weighted by Gasteiger charge is -2.21. The van der Waals surface area contributed by atoms with Gasteiger partial charge < -0.3 is 10.2 Å². The van der Waals surface area contributed by atoms with Crippen molar-refractivity contribution < 1.29 is 4.79 Å². The topological polar surface area (TPSA) is 93.0 Å². The van der Waals surface area contributed by atoms with Crippen LogP contribution in [-0.2, 0) is 24.2 Å². The third-order valence-corrected chi connectivity index (χ3v) is 5.98. The van der Waals surface area contributed by atoms with Crippen LogP contribution in [0, 0.1) is 0 Å². The lowest BCUT2D eigenvalue weighted by molar-refractivity contribution is -0.117. The predicted molar refractivity (Wildman–Crippen MR) is 118 cm³/mol. The van der Waals surface area contributed by atoms with E-state index >= 15 is 0 Å². The SMILES string of the molecule is O=C(Cn1nc2c(cc1=O)CCc1nc(N3CCCC3)ncc1-2)Nc1ccccc1Cl. The third-order valence-electron chi connectivity index (χ3n) is 5.65. The number of halogens is 1. The fourth-order valence-electron chi connectivity index (χ4n) is 4.06. The molecule has 31 heavy (non-hydrogen) atoms. The van der Waals surface area contributed by atoms with Crippen molar-refractivity contribution >= 4 is 29.1 Å². The highest BCUT2D eigenvalue weighted by atomic mass is 35.5. The molecule has 1 aliphatic heterocycles. The Kier molecular flexibility index (Phi) is 5.15. The summed E-state index contributed by atoms with van der Waals surface area (Å²) in [6.45, 7) is 1.75. The van der Waals surface area contributed by atoms with Crippen molar-refractivity contribution in [3.8, 4) is 11.3 Å². The number of carbonyl (C=O) groups excluding carboxylic acids is 1. The van der Waals surface area contributed by atoms with Crippen molar-refractivity contribution in [1.82, 2.24) is 19.7 Å². The molecule has 0 bridgehead atoms. The molecule has 3 aromatic rings. The molecule has 0 spiro atoms. The number of nitrogens with zero attached hydrogens (tertiary/aromatic N) is 5. The molecule has 5 rings (SSSR count). The van der Waals surface area contributed by atoms with Gasteiger partial charge in [-0.2, -0.15) is 5.10 Å². The van der Waals surface area contributed by atoms with Gasteiger partial charge in [-0.15, -0.1) is 0 Å². The molecule has 1 aromatic carbocycles. The Bertz CT molecular complexity index is 1220. The smallest absolute Gasteiger partial charge is 0.267 e. The number of aryl methyl sites for hydroxylation is 2. The summed E-state index contributed by atoms with van der Waals surface area (Å²) in [5.41, 5.74) is 3.46. The van der Waals surface area contributed by atoms with Crippen molar-refractivity contribution in [2.75, 3.05) is 23.3 Å². The molecule has 0 radical (unpaired) electrons. The van der Waals surface area contributed by atoms with Crippen LogP contribution in [0.3, 0.4) is 0 Å². The van der Waals surface area contributed by atoms with Gasteiger partial charge in [0.2, 0.25) is 11.9 Å². The molecule has 1 saturated heterocycles. The Morgan fingerprint density at radius 1 is 1.16 bits per heavy atom. The van der Waals surface area contributed by atoms with Gasteiger partial charge in [0.05, 0.1) is 22.1 Å². The predicted octanol–water partition coefficient (Wildman–Crippen LogP) is 2.69. The zero-order chi connectivity index (χ0) is 21.4. The Balaban J connectivity index is 1.42. The van der Waals surface area contributed by atoms with Crippen LogP contribution >= 0.6 is 11.6 Å². The minimum Gasteiger partial charge on any atom is -0.341 e. The molecule has 0 atom stereocenters. The quantitative estimate of drug-likeness (QED) is 0.676. The Morgan fingerprint density at radius 3 is 2.77 bits per heavy atom. The van der Waals surface area contributed by atoms with Gasteiger partial charge in [0.25, 0.3) is 5.56 Å². The van der Waals surface area contributed by atoms with Crippen LogP contribution < -0.4 is 15.8 Å². The molecule has 1 amide bonds. The number of aromatic nitrogens is 4. The maximum absolute atomic E-state index is 12.5. The van der Waals surface area contributed by atoms with Crippen LogP contribution in [0.5, 0.6) is 0 Å². The standard InChI is InChI=1S/C22H21ClN6O2/c23-16-5-1-2-6-18(16)25-19(30)13-29-20(31)11-14-7-8-17-15(21(14)27-29)12-24-22(26-17)28-9-3-4-10-28/h1-2,5-6,11-12H,3-4,7-10,13H2,(H,25,30). The highest BCUT2D eigenvalue weighted by Crippen LogP contribution is 2.31. The van der Waals surface area contributed by atoms with Crippen molar-refractivity contribution in [2.45, 2.75) is 32.2 Å². The number of amides is 1. The Labute approximate surface area is 183 Å². The summed E-state index contributed by atoms with van der Waals surface area (Å²) in [5.74, 6) is 0.381. The molecule has 2 aromatic heterocycles. The minimum atomic E-state index is -0.376. The van der Waals surface area contributed by atoms with Gasteiger partial charge >= 0.3 is 0 Å². The maximum Gasteiger partial charge on any atom is 0.267 e. The van der Waals surface area contributed by atoms with Gasteiger partial charge in [-0.25, -0.2) is 14.6 Å². The molecule has 1 N–H and O–H groups in total. The summed E-state index contributed by atoms with van der Waals surface area (Å²) in [7, 11) is 0. The normalized spacial score (nSPS) is 14.8. The molecule has 0 unspecified atom stereocenters. The number of hydrogen-bond donors (Lipinski definition) is 1. The van der Waals surface area contributed by atoms with E-state index in [2.05, 4.69) is 20.3 Å². The third kappa shape index (κ3) is 3.90. The van der Waals surface area contributed by atoms with Crippen LogP contribution in [0.15, 0.2) is 41.3 Å². The van der Waals surface area contributed by atoms with Crippen LogP contribution in [0.4, 0.5) is 11.6 Å². The summed E-state index contributed by atoms with van der Waals surface area (Å²) < 4.78 is 1.18. The molecule has 1 aliphatic carbocycles. The van der Waals surface area contributed by atoms with Crippen LogP contribution in [-0.4, -0.2) is 38.7 Å². The molecule has 9 heteroatoms. The van der Waals surface area contributed by atoms with Gasteiger partial charge in [0, 0.05) is 30.9 Å². The molecular formula is C22H21ClN6O2. The lowest BCUT2D eigenvalue weighted by Crippen LogP contribution is -2.31. The van der Waals surface area contributed by atoms with Crippen LogP contribution in [0.2, 0.25) is 5.02 Å². The number of anilines is 2. The van der Waals surface area contributed by atoms with E-state index in [1.165, 1.54) is 4.68 Å². The summed E-state index contributed by atoms with van der Waals surface area (Å²) >= 11 is 6.10. The fraction of sp³-hybridized carbons (Fsp3) is 0.318. The van der Waals surface area contributed by atoms with E-state index < -0.39 is 0 Å². The van der Waals surface area contributed by atoms with Crippen molar-refractivity contribution in [2.24, 2.45) is 0 Å². The molecule has 8 nitrogen and oxygen atoms in total. The second-order valence-electron chi connectivity index (χ2n) is 7.77. The first-order chi connectivity index (χ1) is 15.1. The maximum atomic E-state index is 12.5. The van der Waals surface area contributed by atoms with E-state index in [9.17, 15) is 9.59 Å². The molecular weight excluding hydrogens is 416 g/mol. The van der Waals surface area contributed by atoms with E-state index in [-0.39, 0.29) is 18.0 Å². The number of para-hydroxylation sites is 1. The van der Waals surface area contributed by atoms with Crippen molar-refractivity contribution in [3.05, 3.63) is 63.2 Å². The first-order valence-electron chi connectivity index (χ1n) is 10.3.